The number of esters is 1. The molecule has 1 aromatic heterocycles. The summed E-state index contributed by atoms with van der Waals surface area (Å²) in [6, 6.07) is 11.0. The van der Waals surface area contributed by atoms with Crippen molar-refractivity contribution in [2.75, 3.05) is 13.2 Å². The van der Waals surface area contributed by atoms with Gasteiger partial charge in [0.2, 0.25) is 11.5 Å². The molecule has 0 aliphatic heterocycles. The molecule has 0 spiro atoms. The zero-order valence-electron chi connectivity index (χ0n) is 20.7. The molecule has 184 valence electrons. The van der Waals surface area contributed by atoms with E-state index >= 15 is 0 Å². The third-order valence-corrected chi connectivity index (χ3v) is 5.16. The lowest BCUT2D eigenvalue weighted by atomic mass is 10.0. The molecule has 0 amide bonds. The van der Waals surface area contributed by atoms with Crippen LogP contribution in [0.1, 0.15) is 52.5 Å². The van der Waals surface area contributed by atoms with Gasteiger partial charge in [-0.25, -0.2) is 4.85 Å². The van der Waals surface area contributed by atoms with Crippen LogP contribution in [0.4, 0.5) is 5.69 Å². The lowest BCUT2D eigenvalue weighted by molar-refractivity contribution is -0.143. The van der Waals surface area contributed by atoms with E-state index in [4.69, 9.17) is 25.3 Å². The SMILES string of the molecule is [C-]#[N+]c1cc(-c2nc(-c3ccc(OCCCCC(=O)OCC)cc3CC)no2)ccc1OC(C)C. The fraction of sp³-hybridized carbons (Fsp3) is 0.407. The molecule has 0 saturated carbocycles. The summed E-state index contributed by atoms with van der Waals surface area (Å²) in [4.78, 5) is 19.5. The molecule has 0 fully saturated rings. The summed E-state index contributed by atoms with van der Waals surface area (Å²) in [6.45, 7) is 16.1. The van der Waals surface area contributed by atoms with E-state index in [0.29, 0.717) is 48.4 Å². The number of hydrogen-bond donors (Lipinski definition) is 0. The molecule has 0 N–H and O–H groups in total. The van der Waals surface area contributed by atoms with Gasteiger partial charge in [-0.05, 0) is 82.0 Å². The first kappa shape index (κ1) is 25.8. The molecular weight excluding hydrogens is 446 g/mol. The minimum absolute atomic E-state index is 0.0274. The van der Waals surface area contributed by atoms with Crippen LogP contribution >= 0.6 is 0 Å². The summed E-state index contributed by atoms with van der Waals surface area (Å²) in [5.74, 6) is 1.93. The van der Waals surface area contributed by atoms with Gasteiger partial charge < -0.3 is 18.7 Å². The van der Waals surface area contributed by atoms with Crippen LogP contribution in [0.3, 0.4) is 0 Å². The fourth-order valence-corrected chi connectivity index (χ4v) is 3.51. The third-order valence-electron chi connectivity index (χ3n) is 5.16. The molecule has 0 saturated heterocycles. The molecule has 8 heteroatoms. The number of carbonyl (C=O) groups is 1. The number of nitrogens with zero attached hydrogens (tertiary/aromatic N) is 3. The van der Waals surface area contributed by atoms with Crippen LogP contribution in [0, 0.1) is 6.57 Å². The van der Waals surface area contributed by atoms with Crippen molar-refractivity contribution in [1.82, 2.24) is 10.1 Å². The standard InChI is InChI=1S/C27H31N3O5/c1-6-19-16-21(33-15-9-8-10-25(31)32-7-2)12-13-22(19)26-29-27(35-30-26)20-11-14-24(34-18(3)4)23(17-20)28-5/h11-14,16-18H,6-10,15H2,1-4H3. The number of benzene rings is 2. The van der Waals surface area contributed by atoms with Gasteiger partial charge in [0.15, 0.2) is 0 Å². The van der Waals surface area contributed by atoms with Crippen molar-refractivity contribution in [3.63, 3.8) is 0 Å². The molecular formula is C27H31N3O5. The monoisotopic (exact) mass is 477 g/mol. The van der Waals surface area contributed by atoms with E-state index in [1.54, 1.807) is 19.1 Å². The van der Waals surface area contributed by atoms with Crippen LogP contribution in [0.15, 0.2) is 40.9 Å². The van der Waals surface area contributed by atoms with Crippen molar-refractivity contribution in [2.24, 2.45) is 0 Å². The van der Waals surface area contributed by atoms with E-state index in [1.807, 2.05) is 38.1 Å². The number of rotatable bonds is 12. The molecule has 0 unspecified atom stereocenters. The Kier molecular flexibility index (Phi) is 9.24. The molecule has 0 aliphatic rings. The highest BCUT2D eigenvalue weighted by Crippen LogP contribution is 2.34. The van der Waals surface area contributed by atoms with Gasteiger partial charge in [0.25, 0.3) is 5.89 Å². The van der Waals surface area contributed by atoms with Crippen LogP contribution in [-0.4, -0.2) is 35.4 Å². The minimum atomic E-state index is -0.172. The first-order chi connectivity index (χ1) is 16.9. The Bertz CT molecular complexity index is 1180. The van der Waals surface area contributed by atoms with E-state index in [-0.39, 0.29) is 12.1 Å². The van der Waals surface area contributed by atoms with E-state index in [1.165, 1.54) is 0 Å². The highest BCUT2D eigenvalue weighted by molar-refractivity contribution is 5.70. The molecule has 0 aliphatic carbocycles. The molecule has 35 heavy (non-hydrogen) atoms. The molecule has 3 rings (SSSR count). The average molecular weight is 478 g/mol. The van der Waals surface area contributed by atoms with Crippen molar-refractivity contribution >= 4 is 11.7 Å². The van der Waals surface area contributed by atoms with Crippen LogP contribution in [-0.2, 0) is 16.0 Å². The fourth-order valence-electron chi connectivity index (χ4n) is 3.51. The van der Waals surface area contributed by atoms with Crippen LogP contribution in [0.25, 0.3) is 27.7 Å². The largest absolute Gasteiger partial charge is 0.502 e. The van der Waals surface area contributed by atoms with Gasteiger partial charge in [-0.3, -0.25) is 4.79 Å². The zero-order valence-corrected chi connectivity index (χ0v) is 20.7. The van der Waals surface area contributed by atoms with Crippen molar-refractivity contribution in [2.45, 2.75) is 59.5 Å². The third kappa shape index (κ3) is 7.06. The lowest BCUT2D eigenvalue weighted by Gasteiger charge is -2.11. The van der Waals surface area contributed by atoms with Crippen molar-refractivity contribution < 1.29 is 23.5 Å². The Balaban J connectivity index is 1.68. The van der Waals surface area contributed by atoms with Crippen LogP contribution in [0.5, 0.6) is 11.5 Å². The Morgan fingerprint density at radius 3 is 2.69 bits per heavy atom. The molecule has 8 nitrogen and oxygen atoms in total. The summed E-state index contributed by atoms with van der Waals surface area (Å²) in [5.41, 5.74) is 2.95. The van der Waals surface area contributed by atoms with Crippen molar-refractivity contribution in [3.05, 3.63) is 53.4 Å². The number of unbranched alkanes of at least 4 members (excludes halogenated alkanes) is 1. The highest BCUT2D eigenvalue weighted by Gasteiger charge is 2.16. The van der Waals surface area contributed by atoms with Crippen LogP contribution < -0.4 is 9.47 Å². The van der Waals surface area contributed by atoms with Gasteiger partial charge in [0, 0.05) is 17.5 Å². The van der Waals surface area contributed by atoms with Gasteiger partial charge in [0.1, 0.15) is 11.5 Å². The normalized spacial score (nSPS) is 10.7. The lowest BCUT2D eigenvalue weighted by Crippen LogP contribution is -2.05. The summed E-state index contributed by atoms with van der Waals surface area (Å²) >= 11 is 0. The number of aromatic nitrogens is 2. The predicted molar refractivity (Wildman–Crippen MR) is 133 cm³/mol. The number of hydrogen-bond acceptors (Lipinski definition) is 7. The van der Waals surface area contributed by atoms with E-state index < -0.39 is 0 Å². The Hall–Kier alpha value is -3.86. The molecule has 2 aromatic carbocycles. The Morgan fingerprint density at radius 2 is 1.97 bits per heavy atom. The topological polar surface area (TPSA) is 88.0 Å². The number of aryl methyl sites for hydroxylation is 1. The summed E-state index contributed by atoms with van der Waals surface area (Å²) in [5, 5.41) is 4.17. The smallest absolute Gasteiger partial charge is 0.305 e. The summed E-state index contributed by atoms with van der Waals surface area (Å²) in [7, 11) is 0. The summed E-state index contributed by atoms with van der Waals surface area (Å²) in [6.07, 6.45) is 2.64. The van der Waals surface area contributed by atoms with Gasteiger partial charge in [-0.1, -0.05) is 12.1 Å². The second kappa shape index (κ2) is 12.6. The summed E-state index contributed by atoms with van der Waals surface area (Å²) < 4.78 is 22.0. The minimum Gasteiger partial charge on any atom is -0.502 e. The van der Waals surface area contributed by atoms with Gasteiger partial charge >= 0.3 is 5.97 Å². The molecule has 3 aromatic rings. The van der Waals surface area contributed by atoms with Gasteiger partial charge in [-0.2, -0.15) is 4.98 Å². The Labute approximate surface area is 206 Å². The zero-order chi connectivity index (χ0) is 25.2. The van der Waals surface area contributed by atoms with E-state index in [0.717, 1.165) is 36.1 Å². The van der Waals surface area contributed by atoms with Gasteiger partial charge in [0.05, 0.1) is 25.9 Å². The second-order valence-electron chi connectivity index (χ2n) is 8.17. The molecule has 1 heterocycles. The Morgan fingerprint density at radius 1 is 1.14 bits per heavy atom. The quantitative estimate of drug-likeness (QED) is 0.169. The molecule has 0 bridgehead atoms. The number of ether oxygens (including phenoxy) is 3. The predicted octanol–water partition coefficient (Wildman–Crippen LogP) is 6.42. The first-order valence-corrected chi connectivity index (χ1v) is 11.9. The highest BCUT2D eigenvalue weighted by atomic mass is 16.5. The maximum atomic E-state index is 11.4. The number of carbonyl (C=O) groups excluding carboxylic acids is 1. The molecule has 0 atom stereocenters. The van der Waals surface area contributed by atoms with Crippen molar-refractivity contribution in [3.8, 4) is 34.3 Å². The van der Waals surface area contributed by atoms with Crippen molar-refractivity contribution in [1.29, 1.82) is 0 Å². The average Bonchev–Trinajstić information content (AvgIpc) is 3.34. The second-order valence-corrected chi connectivity index (χ2v) is 8.17. The van der Waals surface area contributed by atoms with E-state index in [2.05, 4.69) is 21.9 Å². The van der Waals surface area contributed by atoms with E-state index in [9.17, 15) is 4.79 Å². The maximum Gasteiger partial charge on any atom is 0.305 e. The molecule has 0 radical (unpaired) electrons. The first-order valence-electron chi connectivity index (χ1n) is 11.9. The van der Waals surface area contributed by atoms with Crippen LogP contribution in [0.2, 0.25) is 0 Å². The van der Waals surface area contributed by atoms with Gasteiger partial charge in [-0.15, -0.1) is 0 Å². The maximum absolute atomic E-state index is 11.4.